The maximum Gasteiger partial charge on any atom is 0.340 e. The number of carbonyl (C=O) groups excluding carboxylic acids is 2. The van der Waals surface area contributed by atoms with Crippen molar-refractivity contribution in [2.75, 3.05) is 11.9 Å². The molecule has 4 aromatic rings. The Balaban J connectivity index is 1.68. The molecule has 4 rings (SSSR count). The van der Waals surface area contributed by atoms with E-state index in [1.165, 1.54) is 0 Å². The SMILES string of the molecule is CCOC(=O)c1c(C)[nH]c(C)c1C(=O)Cn1c(NCc2ccccc2)nc2ccccc21. The number of nitrogens with zero attached hydrogens (tertiary/aromatic N) is 2. The van der Waals surface area contributed by atoms with Gasteiger partial charge in [-0.2, -0.15) is 0 Å². The van der Waals surface area contributed by atoms with Crippen molar-refractivity contribution in [3.63, 3.8) is 0 Å². The van der Waals surface area contributed by atoms with E-state index >= 15 is 0 Å². The number of imidazole rings is 1. The molecule has 32 heavy (non-hydrogen) atoms. The Bertz CT molecular complexity index is 1270. The van der Waals surface area contributed by atoms with E-state index in [1.54, 1.807) is 20.8 Å². The molecule has 0 unspecified atom stereocenters. The van der Waals surface area contributed by atoms with Crippen LogP contribution in [0.25, 0.3) is 11.0 Å². The highest BCUT2D eigenvalue weighted by atomic mass is 16.5. The number of benzene rings is 2. The fourth-order valence-corrected chi connectivity index (χ4v) is 3.96. The molecule has 2 heterocycles. The molecule has 0 saturated heterocycles. The van der Waals surface area contributed by atoms with Crippen LogP contribution in [0.5, 0.6) is 0 Å². The normalized spacial score (nSPS) is 11.0. The van der Waals surface area contributed by atoms with Crippen LogP contribution in [-0.2, 0) is 17.8 Å². The number of ketones is 1. The minimum absolute atomic E-state index is 0.0438. The molecule has 0 aliphatic rings. The number of hydrogen-bond donors (Lipinski definition) is 2. The Kier molecular flexibility index (Phi) is 6.07. The highest BCUT2D eigenvalue weighted by Gasteiger charge is 2.26. The Morgan fingerprint density at radius 2 is 1.69 bits per heavy atom. The summed E-state index contributed by atoms with van der Waals surface area (Å²) in [5.41, 5.74) is 4.70. The van der Waals surface area contributed by atoms with E-state index in [4.69, 9.17) is 4.74 Å². The van der Waals surface area contributed by atoms with E-state index in [9.17, 15) is 9.59 Å². The Hall–Kier alpha value is -3.87. The molecule has 164 valence electrons. The summed E-state index contributed by atoms with van der Waals surface area (Å²) in [7, 11) is 0. The number of hydrogen-bond acceptors (Lipinski definition) is 5. The lowest BCUT2D eigenvalue weighted by molar-refractivity contribution is 0.0522. The Morgan fingerprint density at radius 3 is 2.44 bits per heavy atom. The van der Waals surface area contributed by atoms with Crippen LogP contribution in [0.1, 0.15) is 44.6 Å². The van der Waals surface area contributed by atoms with Gasteiger partial charge in [-0.25, -0.2) is 9.78 Å². The molecule has 2 N–H and O–H groups in total. The fraction of sp³-hybridized carbons (Fsp3) is 0.240. The third-order valence-corrected chi connectivity index (χ3v) is 5.38. The van der Waals surface area contributed by atoms with Gasteiger partial charge in [0.2, 0.25) is 5.95 Å². The average Bonchev–Trinajstić information content (AvgIpc) is 3.29. The number of para-hydroxylation sites is 2. The number of Topliss-reactive ketones (excluding diaryl/α,β-unsaturated/α-hetero) is 1. The number of aromatic nitrogens is 3. The van der Waals surface area contributed by atoms with Crippen LogP contribution in [0.4, 0.5) is 5.95 Å². The number of esters is 1. The van der Waals surface area contributed by atoms with Crippen molar-refractivity contribution in [1.82, 2.24) is 14.5 Å². The number of nitrogens with one attached hydrogen (secondary N) is 2. The predicted octanol–water partition coefficient (Wildman–Crippen LogP) is 4.65. The monoisotopic (exact) mass is 430 g/mol. The minimum atomic E-state index is -0.490. The summed E-state index contributed by atoms with van der Waals surface area (Å²) in [6.07, 6.45) is 0. The Labute approximate surface area is 186 Å². The van der Waals surface area contributed by atoms with E-state index in [0.717, 1.165) is 16.6 Å². The van der Waals surface area contributed by atoms with Crippen LogP contribution >= 0.6 is 0 Å². The molecule has 0 saturated carbocycles. The third-order valence-electron chi connectivity index (χ3n) is 5.38. The first-order valence-corrected chi connectivity index (χ1v) is 10.6. The molecular weight excluding hydrogens is 404 g/mol. The van der Waals surface area contributed by atoms with Crippen molar-refractivity contribution < 1.29 is 14.3 Å². The number of aryl methyl sites for hydroxylation is 2. The van der Waals surface area contributed by atoms with Gasteiger partial charge in [0.05, 0.1) is 35.3 Å². The van der Waals surface area contributed by atoms with Gasteiger partial charge < -0.3 is 19.6 Å². The van der Waals surface area contributed by atoms with Gasteiger partial charge in [-0.1, -0.05) is 42.5 Å². The summed E-state index contributed by atoms with van der Waals surface area (Å²) >= 11 is 0. The second-order valence-electron chi connectivity index (χ2n) is 7.62. The van der Waals surface area contributed by atoms with Gasteiger partial charge in [0.15, 0.2) is 5.78 Å². The molecule has 7 nitrogen and oxygen atoms in total. The second kappa shape index (κ2) is 9.09. The summed E-state index contributed by atoms with van der Waals surface area (Å²) in [6.45, 7) is 6.18. The standard InChI is InChI=1S/C25H26N4O3/c1-4-32-24(31)23-17(3)27-16(2)22(23)21(30)15-29-20-13-9-8-12-19(20)28-25(29)26-14-18-10-6-5-7-11-18/h5-13,27H,4,14-15H2,1-3H3,(H,26,28). The summed E-state index contributed by atoms with van der Waals surface area (Å²) in [4.78, 5) is 33.8. The number of anilines is 1. The van der Waals surface area contributed by atoms with E-state index < -0.39 is 5.97 Å². The lowest BCUT2D eigenvalue weighted by atomic mass is 10.0. The van der Waals surface area contributed by atoms with Crippen molar-refractivity contribution in [3.05, 3.63) is 82.7 Å². The topological polar surface area (TPSA) is 89.0 Å². The molecule has 0 atom stereocenters. The quantitative estimate of drug-likeness (QED) is 0.314. The van der Waals surface area contributed by atoms with Crippen molar-refractivity contribution in [2.45, 2.75) is 33.9 Å². The lowest BCUT2D eigenvalue weighted by Crippen LogP contribution is -2.17. The summed E-state index contributed by atoms with van der Waals surface area (Å²) in [5, 5.41) is 3.35. The number of H-pyrrole nitrogens is 1. The largest absolute Gasteiger partial charge is 0.462 e. The fourth-order valence-electron chi connectivity index (χ4n) is 3.96. The number of fused-ring (bicyclic) bond motifs is 1. The summed E-state index contributed by atoms with van der Waals surface area (Å²) in [6, 6.07) is 17.7. The number of carbonyl (C=O) groups is 2. The van der Waals surface area contributed by atoms with Crippen LogP contribution < -0.4 is 5.32 Å². The highest BCUT2D eigenvalue weighted by molar-refractivity contribution is 6.08. The highest BCUT2D eigenvalue weighted by Crippen LogP contribution is 2.24. The average molecular weight is 431 g/mol. The number of rotatable bonds is 8. The van der Waals surface area contributed by atoms with E-state index in [2.05, 4.69) is 15.3 Å². The summed E-state index contributed by atoms with van der Waals surface area (Å²) < 4.78 is 7.05. The predicted molar refractivity (Wildman–Crippen MR) is 124 cm³/mol. The maximum atomic E-state index is 13.4. The van der Waals surface area contributed by atoms with Gasteiger partial charge in [-0.05, 0) is 38.5 Å². The molecule has 0 radical (unpaired) electrons. The molecule has 0 bridgehead atoms. The van der Waals surface area contributed by atoms with E-state index in [0.29, 0.717) is 35.0 Å². The first-order valence-electron chi connectivity index (χ1n) is 10.6. The minimum Gasteiger partial charge on any atom is -0.462 e. The Morgan fingerprint density at radius 1 is 1.00 bits per heavy atom. The lowest BCUT2D eigenvalue weighted by Gasteiger charge is -2.11. The molecule has 2 aromatic carbocycles. The summed E-state index contributed by atoms with van der Waals surface area (Å²) in [5.74, 6) is -0.0672. The maximum absolute atomic E-state index is 13.4. The second-order valence-corrected chi connectivity index (χ2v) is 7.62. The zero-order valence-corrected chi connectivity index (χ0v) is 18.4. The molecule has 7 heteroatoms. The molecule has 0 amide bonds. The van der Waals surface area contributed by atoms with Crippen LogP contribution in [0, 0.1) is 13.8 Å². The smallest absolute Gasteiger partial charge is 0.340 e. The zero-order valence-electron chi connectivity index (χ0n) is 18.4. The van der Waals surface area contributed by atoms with Crippen molar-refractivity contribution in [1.29, 1.82) is 0 Å². The van der Waals surface area contributed by atoms with Crippen molar-refractivity contribution in [3.8, 4) is 0 Å². The first kappa shape index (κ1) is 21.4. The number of ether oxygens (including phenoxy) is 1. The first-order chi connectivity index (χ1) is 15.5. The van der Waals surface area contributed by atoms with E-state index in [-0.39, 0.29) is 18.9 Å². The van der Waals surface area contributed by atoms with Crippen LogP contribution in [0.2, 0.25) is 0 Å². The van der Waals surface area contributed by atoms with Crippen LogP contribution in [-0.4, -0.2) is 32.9 Å². The van der Waals surface area contributed by atoms with Crippen LogP contribution in [0.3, 0.4) is 0 Å². The molecule has 2 aromatic heterocycles. The molecule has 0 aliphatic carbocycles. The van der Waals surface area contributed by atoms with Gasteiger partial charge in [0.25, 0.3) is 0 Å². The molecule has 0 spiro atoms. The third kappa shape index (κ3) is 4.14. The van der Waals surface area contributed by atoms with Crippen molar-refractivity contribution >= 4 is 28.7 Å². The van der Waals surface area contributed by atoms with Gasteiger partial charge in [-0.3, -0.25) is 4.79 Å². The molecule has 0 aliphatic heterocycles. The van der Waals surface area contributed by atoms with Gasteiger partial charge in [0.1, 0.15) is 0 Å². The molecule has 0 fully saturated rings. The van der Waals surface area contributed by atoms with Gasteiger partial charge in [0, 0.05) is 17.9 Å². The number of aromatic amines is 1. The van der Waals surface area contributed by atoms with Gasteiger partial charge in [-0.15, -0.1) is 0 Å². The zero-order chi connectivity index (χ0) is 22.7. The van der Waals surface area contributed by atoms with E-state index in [1.807, 2.05) is 59.2 Å². The van der Waals surface area contributed by atoms with Crippen molar-refractivity contribution in [2.24, 2.45) is 0 Å². The van der Waals surface area contributed by atoms with Crippen LogP contribution in [0.15, 0.2) is 54.6 Å². The molecular formula is C25H26N4O3. The van der Waals surface area contributed by atoms with Gasteiger partial charge >= 0.3 is 5.97 Å².